The Balaban J connectivity index is 4.37. The van der Waals surface area contributed by atoms with Crippen LogP contribution in [0.1, 0.15) is 20.3 Å². The van der Waals surface area contributed by atoms with Crippen molar-refractivity contribution < 1.29 is 14.3 Å². The summed E-state index contributed by atoms with van der Waals surface area (Å²) in [5.74, 6) is -0.0875. The number of esters is 1. The number of hydrogen-bond donors (Lipinski definition) is 1. The highest BCUT2D eigenvalue weighted by Gasteiger charge is 2.22. The van der Waals surface area contributed by atoms with Crippen molar-refractivity contribution >= 4 is 12.0 Å². The van der Waals surface area contributed by atoms with Crippen LogP contribution in [0.25, 0.3) is 0 Å². The van der Waals surface area contributed by atoms with E-state index in [1.165, 1.54) is 12.0 Å². The van der Waals surface area contributed by atoms with Gasteiger partial charge < -0.3 is 15.0 Å². The van der Waals surface area contributed by atoms with Crippen LogP contribution in [-0.4, -0.2) is 44.1 Å². The number of nitrogens with one attached hydrogen (secondary N) is 1. The van der Waals surface area contributed by atoms with E-state index < -0.39 is 12.0 Å². The van der Waals surface area contributed by atoms with Gasteiger partial charge in [-0.1, -0.05) is 13.8 Å². The fourth-order valence-electron chi connectivity index (χ4n) is 1.11. The molecule has 0 saturated heterocycles. The second-order valence-electron chi connectivity index (χ2n) is 4.05. The van der Waals surface area contributed by atoms with E-state index in [1.807, 2.05) is 13.8 Å². The predicted octanol–water partition coefficient (Wildman–Crippen LogP) is 0.845. The van der Waals surface area contributed by atoms with Gasteiger partial charge in [0.2, 0.25) is 0 Å². The van der Waals surface area contributed by atoms with Crippen molar-refractivity contribution in [2.24, 2.45) is 5.92 Å². The zero-order valence-electron chi connectivity index (χ0n) is 10.0. The lowest BCUT2D eigenvalue weighted by molar-refractivity contribution is -0.143. The molecule has 0 aliphatic heterocycles. The number of urea groups is 1. The topological polar surface area (TPSA) is 58.6 Å². The molecule has 0 aliphatic rings. The second-order valence-corrected chi connectivity index (χ2v) is 4.05. The van der Waals surface area contributed by atoms with Crippen molar-refractivity contribution in [3.63, 3.8) is 0 Å². The summed E-state index contributed by atoms with van der Waals surface area (Å²) < 4.78 is 4.62. The van der Waals surface area contributed by atoms with Gasteiger partial charge in [-0.15, -0.1) is 0 Å². The zero-order valence-corrected chi connectivity index (χ0v) is 10.0. The monoisotopic (exact) mass is 216 g/mol. The third-order valence-electron chi connectivity index (χ3n) is 1.90. The maximum absolute atomic E-state index is 11.4. The minimum atomic E-state index is -0.565. The number of carbonyl (C=O) groups is 2. The van der Waals surface area contributed by atoms with E-state index in [1.54, 1.807) is 14.1 Å². The Kier molecular flexibility index (Phi) is 5.74. The summed E-state index contributed by atoms with van der Waals surface area (Å²) in [6.45, 7) is 3.97. The Morgan fingerprint density at radius 3 is 2.20 bits per heavy atom. The Morgan fingerprint density at radius 2 is 1.87 bits per heavy atom. The molecular weight excluding hydrogens is 196 g/mol. The van der Waals surface area contributed by atoms with Gasteiger partial charge >= 0.3 is 12.0 Å². The summed E-state index contributed by atoms with van der Waals surface area (Å²) in [6.07, 6.45) is 0.576. The third kappa shape index (κ3) is 5.24. The van der Waals surface area contributed by atoms with Gasteiger partial charge in [0.25, 0.3) is 0 Å². The van der Waals surface area contributed by atoms with Crippen LogP contribution in [0.15, 0.2) is 0 Å². The lowest BCUT2D eigenvalue weighted by atomic mass is 10.0. The second kappa shape index (κ2) is 6.27. The Labute approximate surface area is 90.8 Å². The van der Waals surface area contributed by atoms with Gasteiger partial charge in [-0.05, 0) is 12.3 Å². The Bertz CT molecular complexity index is 227. The lowest BCUT2D eigenvalue weighted by Crippen LogP contribution is -2.46. The zero-order chi connectivity index (χ0) is 12.0. The molecule has 0 saturated carbocycles. The molecule has 0 fully saturated rings. The summed E-state index contributed by atoms with van der Waals surface area (Å²) in [5.41, 5.74) is 0. The van der Waals surface area contributed by atoms with Crippen LogP contribution < -0.4 is 5.32 Å². The molecule has 0 aliphatic carbocycles. The average Bonchev–Trinajstić information content (AvgIpc) is 2.14. The van der Waals surface area contributed by atoms with E-state index in [0.717, 1.165) is 0 Å². The number of rotatable bonds is 4. The summed E-state index contributed by atoms with van der Waals surface area (Å²) in [5, 5.41) is 2.61. The van der Waals surface area contributed by atoms with Crippen LogP contribution in [0, 0.1) is 5.92 Å². The largest absolute Gasteiger partial charge is 0.467 e. The first-order valence-electron chi connectivity index (χ1n) is 4.94. The summed E-state index contributed by atoms with van der Waals surface area (Å²) in [4.78, 5) is 24.1. The predicted molar refractivity (Wildman–Crippen MR) is 57.5 cm³/mol. The average molecular weight is 216 g/mol. The number of amides is 2. The van der Waals surface area contributed by atoms with E-state index in [-0.39, 0.29) is 6.03 Å². The van der Waals surface area contributed by atoms with Gasteiger partial charge in [-0.2, -0.15) is 0 Å². The van der Waals surface area contributed by atoms with Crippen molar-refractivity contribution in [1.82, 2.24) is 10.2 Å². The first kappa shape index (κ1) is 13.7. The van der Waals surface area contributed by atoms with Gasteiger partial charge in [-0.3, -0.25) is 0 Å². The van der Waals surface area contributed by atoms with E-state index in [4.69, 9.17) is 0 Å². The minimum absolute atomic E-state index is 0.286. The molecule has 2 amide bonds. The first-order chi connectivity index (χ1) is 6.88. The van der Waals surface area contributed by atoms with Gasteiger partial charge in [-0.25, -0.2) is 9.59 Å². The van der Waals surface area contributed by atoms with Crippen LogP contribution in [0.2, 0.25) is 0 Å². The fraction of sp³-hybridized carbons (Fsp3) is 0.800. The van der Waals surface area contributed by atoms with E-state index in [2.05, 4.69) is 10.1 Å². The van der Waals surface area contributed by atoms with Crippen molar-refractivity contribution in [2.75, 3.05) is 21.2 Å². The third-order valence-corrected chi connectivity index (χ3v) is 1.90. The number of hydrogen-bond acceptors (Lipinski definition) is 3. The van der Waals surface area contributed by atoms with Crippen LogP contribution in [-0.2, 0) is 9.53 Å². The molecule has 0 aromatic heterocycles. The van der Waals surface area contributed by atoms with Crippen LogP contribution in [0.5, 0.6) is 0 Å². The molecule has 0 heterocycles. The summed E-state index contributed by atoms with van der Waals surface area (Å²) in [6, 6.07) is -0.851. The maximum Gasteiger partial charge on any atom is 0.328 e. The van der Waals surface area contributed by atoms with Gasteiger partial charge in [0.1, 0.15) is 6.04 Å². The quantitative estimate of drug-likeness (QED) is 0.709. The van der Waals surface area contributed by atoms with Gasteiger partial charge in [0, 0.05) is 14.1 Å². The number of ether oxygens (including phenoxy) is 1. The Hall–Kier alpha value is -1.26. The molecule has 1 N–H and O–H groups in total. The number of nitrogens with zero attached hydrogens (tertiary/aromatic N) is 1. The molecule has 1 unspecified atom stereocenters. The van der Waals surface area contributed by atoms with Crippen molar-refractivity contribution in [1.29, 1.82) is 0 Å². The van der Waals surface area contributed by atoms with Crippen molar-refractivity contribution in [3.05, 3.63) is 0 Å². The molecule has 5 nitrogen and oxygen atoms in total. The normalized spacial score (nSPS) is 12.1. The molecule has 0 spiro atoms. The molecule has 1 atom stereocenters. The van der Waals surface area contributed by atoms with Gasteiger partial charge in [0.05, 0.1) is 7.11 Å². The summed E-state index contributed by atoms with van der Waals surface area (Å²) >= 11 is 0. The molecule has 0 bridgehead atoms. The lowest BCUT2D eigenvalue weighted by Gasteiger charge is -2.20. The molecule has 0 aromatic rings. The minimum Gasteiger partial charge on any atom is -0.467 e. The highest BCUT2D eigenvalue weighted by atomic mass is 16.5. The Morgan fingerprint density at radius 1 is 1.33 bits per heavy atom. The van der Waals surface area contributed by atoms with Crippen LogP contribution in [0.3, 0.4) is 0 Å². The summed E-state index contributed by atoms with van der Waals surface area (Å²) in [7, 11) is 4.57. The highest BCUT2D eigenvalue weighted by molar-refractivity contribution is 5.83. The van der Waals surface area contributed by atoms with E-state index in [0.29, 0.717) is 12.3 Å². The first-order valence-corrected chi connectivity index (χ1v) is 4.94. The van der Waals surface area contributed by atoms with Crippen molar-refractivity contribution in [2.45, 2.75) is 26.3 Å². The highest BCUT2D eigenvalue weighted by Crippen LogP contribution is 2.06. The van der Waals surface area contributed by atoms with Crippen LogP contribution in [0.4, 0.5) is 4.79 Å². The smallest absolute Gasteiger partial charge is 0.328 e. The fourth-order valence-corrected chi connectivity index (χ4v) is 1.11. The molecule has 0 aromatic carbocycles. The van der Waals surface area contributed by atoms with Gasteiger partial charge in [0.15, 0.2) is 0 Å². The molecule has 15 heavy (non-hydrogen) atoms. The molecule has 0 radical (unpaired) electrons. The van der Waals surface area contributed by atoms with Crippen molar-refractivity contribution in [3.8, 4) is 0 Å². The standard InChI is InChI=1S/C10H20N2O3/c1-7(2)6-8(9(13)15-5)11-10(14)12(3)4/h7-8H,6H2,1-5H3,(H,11,14). The molecular formula is C10H20N2O3. The molecule has 0 rings (SSSR count). The number of carbonyl (C=O) groups excluding carboxylic acids is 2. The van der Waals surface area contributed by atoms with E-state index in [9.17, 15) is 9.59 Å². The SMILES string of the molecule is COC(=O)C(CC(C)C)NC(=O)N(C)C. The molecule has 5 heteroatoms. The van der Waals surface area contributed by atoms with Crippen LogP contribution >= 0.6 is 0 Å². The maximum atomic E-state index is 11.4. The molecule has 88 valence electrons. The van der Waals surface area contributed by atoms with E-state index >= 15 is 0 Å². The number of methoxy groups -OCH3 is 1.